The Morgan fingerprint density at radius 3 is 3.00 bits per heavy atom. The molecule has 20 heavy (non-hydrogen) atoms. The molecule has 5 nitrogen and oxygen atoms in total. The van der Waals surface area contributed by atoms with Crippen LogP contribution in [0.2, 0.25) is 0 Å². The first-order valence-corrected chi connectivity index (χ1v) is 7.25. The predicted molar refractivity (Wildman–Crippen MR) is 79.1 cm³/mol. The van der Waals surface area contributed by atoms with Gasteiger partial charge in [-0.1, -0.05) is 6.92 Å². The van der Waals surface area contributed by atoms with Gasteiger partial charge in [-0.15, -0.1) is 11.3 Å². The minimum absolute atomic E-state index is 0.0526. The molecule has 3 aromatic heterocycles. The Bertz CT molecular complexity index is 808. The second-order valence-corrected chi connectivity index (χ2v) is 5.69. The average Bonchev–Trinajstić information content (AvgIpc) is 2.89. The summed E-state index contributed by atoms with van der Waals surface area (Å²) >= 11 is 1.63. The number of hydrogen-bond acceptors (Lipinski definition) is 5. The highest BCUT2D eigenvalue weighted by Gasteiger charge is 2.12. The Balaban J connectivity index is 1.95. The number of nitrogens with zero attached hydrogens (tertiary/aromatic N) is 4. The molecule has 0 aliphatic heterocycles. The van der Waals surface area contributed by atoms with Crippen LogP contribution >= 0.6 is 11.3 Å². The van der Waals surface area contributed by atoms with Crippen LogP contribution in [0.3, 0.4) is 0 Å². The molecule has 3 rings (SSSR count). The maximum Gasteiger partial charge on any atom is 0.262 e. The molecule has 0 N–H and O–H groups in total. The third-order valence-electron chi connectivity index (χ3n) is 3.13. The van der Waals surface area contributed by atoms with E-state index in [4.69, 9.17) is 0 Å². The van der Waals surface area contributed by atoms with Crippen molar-refractivity contribution in [3.8, 4) is 0 Å². The first kappa shape index (κ1) is 12.9. The van der Waals surface area contributed by atoms with Gasteiger partial charge in [0.05, 0.1) is 10.4 Å². The molecular weight excluding hydrogens is 272 g/mol. The second kappa shape index (κ2) is 5.13. The van der Waals surface area contributed by atoms with Crippen molar-refractivity contribution in [2.45, 2.75) is 26.3 Å². The first-order chi connectivity index (χ1) is 9.65. The maximum atomic E-state index is 12.4. The molecule has 0 aromatic carbocycles. The summed E-state index contributed by atoms with van der Waals surface area (Å²) in [6.07, 6.45) is 3.20. The van der Waals surface area contributed by atoms with E-state index in [1.807, 2.05) is 12.3 Å². The van der Waals surface area contributed by atoms with E-state index in [0.29, 0.717) is 17.6 Å². The number of aromatic nitrogens is 4. The van der Waals surface area contributed by atoms with E-state index in [2.05, 4.69) is 21.9 Å². The van der Waals surface area contributed by atoms with Crippen LogP contribution in [0, 0.1) is 6.92 Å². The lowest BCUT2D eigenvalue weighted by molar-refractivity contribution is 0.573. The minimum Gasteiger partial charge on any atom is -0.298 e. The molecule has 1 atom stereocenters. The largest absolute Gasteiger partial charge is 0.298 e. The molecular formula is C14H14N4OS. The highest BCUT2D eigenvalue weighted by molar-refractivity contribution is 7.09. The quantitative estimate of drug-likeness (QED) is 0.741. The summed E-state index contributed by atoms with van der Waals surface area (Å²) < 4.78 is 1.63. The zero-order chi connectivity index (χ0) is 14.1. The van der Waals surface area contributed by atoms with Crippen molar-refractivity contribution < 1.29 is 0 Å². The van der Waals surface area contributed by atoms with E-state index in [0.717, 1.165) is 10.7 Å². The third-order valence-corrected chi connectivity index (χ3v) is 4.32. The van der Waals surface area contributed by atoms with Crippen molar-refractivity contribution in [1.29, 1.82) is 0 Å². The highest BCUT2D eigenvalue weighted by Crippen LogP contribution is 2.20. The van der Waals surface area contributed by atoms with Crippen LogP contribution in [-0.4, -0.2) is 19.5 Å². The molecule has 0 amide bonds. The Morgan fingerprint density at radius 1 is 1.40 bits per heavy atom. The minimum atomic E-state index is -0.0526. The Morgan fingerprint density at radius 2 is 2.25 bits per heavy atom. The second-order valence-electron chi connectivity index (χ2n) is 4.80. The Kier molecular flexibility index (Phi) is 3.31. The van der Waals surface area contributed by atoms with Crippen LogP contribution in [0.4, 0.5) is 0 Å². The molecule has 0 bridgehead atoms. The van der Waals surface area contributed by atoms with E-state index >= 15 is 0 Å². The van der Waals surface area contributed by atoms with Gasteiger partial charge in [-0.25, -0.2) is 15.0 Å². The molecule has 6 heteroatoms. The summed E-state index contributed by atoms with van der Waals surface area (Å²) in [5, 5.41) is 3.62. The van der Waals surface area contributed by atoms with Gasteiger partial charge in [0.25, 0.3) is 5.56 Å². The summed E-state index contributed by atoms with van der Waals surface area (Å²) in [6, 6.07) is 3.51. The van der Waals surface area contributed by atoms with E-state index in [9.17, 15) is 4.79 Å². The van der Waals surface area contributed by atoms with Gasteiger partial charge in [-0.05, 0) is 19.1 Å². The lowest BCUT2D eigenvalue weighted by Crippen LogP contribution is -2.23. The molecule has 0 radical (unpaired) electrons. The third kappa shape index (κ3) is 2.34. The number of pyridine rings is 1. The van der Waals surface area contributed by atoms with Gasteiger partial charge in [0.2, 0.25) is 0 Å². The fourth-order valence-corrected chi connectivity index (χ4v) is 2.95. The molecule has 102 valence electrons. The number of thiazole rings is 1. The molecule has 0 saturated heterocycles. The van der Waals surface area contributed by atoms with Crippen LogP contribution in [0.5, 0.6) is 0 Å². The van der Waals surface area contributed by atoms with Crippen LogP contribution in [0.25, 0.3) is 11.0 Å². The van der Waals surface area contributed by atoms with Crippen molar-refractivity contribution in [1.82, 2.24) is 19.5 Å². The van der Waals surface area contributed by atoms with Gasteiger partial charge in [-0.3, -0.25) is 9.36 Å². The number of hydrogen-bond donors (Lipinski definition) is 0. The average molecular weight is 286 g/mol. The van der Waals surface area contributed by atoms with Crippen molar-refractivity contribution in [2.75, 3.05) is 0 Å². The van der Waals surface area contributed by atoms with Gasteiger partial charge < -0.3 is 0 Å². The van der Waals surface area contributed by atoms with Gasteiger partial charge in [0.15, 0.2) is 5.65 Å². The van der Waals surface area contributed by atoms with Gasteiger partial charge >= 0.3 is 0 Å². The van der Waals surface area contributed by atoms with Crippen LogP contribution < -0.4 is 5.56 Å². The molecule has 0 aliphatic carbocycles. The SMILES string of the molecule is Cc1csc(C(C)Cn2cnc3ncccc3c2=O)n1. The van der Waals surface area contributed by atoms with Crippen molar-refractivity contribution >= 4 is 22.4 Å². The lowest BCUT2D eigenvalue weighted by Gasteiger charge is -2.11. The smallest absolute Gasteiger partial charge is 0.262 e. The number of fused-ring (bicyclic) bond motifs is 1. The first-order valence-electron chi connectivity index (χ1n) is 6.37. The topological polar surface area (TPSA) is 60.7 Å². The van der Waals surface area contributed by atoms with E-state index in [1.165, 1.54) is 0 Å². The van der Waals surface area contributed by atoms with Gasteiger partial charge in [0, 0.05) is 29.7 Å². The van der Waals surface area contributed by atoms with Gasteiger partial charge in [0.1, 0.15) is 6.33 Å². The van der Waals surface area contributed by atoms with Crippen molar-refractivity contribution in [3.05, 3.63) is 51.1 Å². The normalized spacial score (nSPS) is 12.7. The summed E-state index contributed by atoms with van der Waals surface area (Å²) in [7, 11) is 0. The maximum absolute atomic E-state index is 12.4. The Labute approximate surface area is 120 Å². The fourth-order valence-electron chi connectivity index (χ4n) is 2.10. The zero-order valence-electron chi connectivity index (χ0n) is 11.3. The predicted octanol–water partition coefficient (Wildman–Crippen LogP) is 2.36. The fraction of sp³-hybridized carbons (Fsp3) is 0.286. The molecule has 0 saturated carbocycles. The van der Waals surface area contributed by atoms with E-state index in [1.54, 1.807) is 40.6 Å². The molecule has 1 unspecified atom stereocenters. The van der Waals surface area contributed by atoms with E-state index < -0.39 is 0 Å². The van der Waals surface area contributed by atoms with Crippen LogP contribution in [0.1, 0.15) is 23.5 Å². The molecule has 3 aromatic rings. The molecule has 0 spiro atoms. The zero-order valence-corrected chi connectivity index (χ0v) is 12.1. The van der Waals surface area contributed by atoms with Crippen molar-refractivity contribution in [2.24, 2.45) is 0 Å². The highest BCUT2D eigenvalue weighted by atomic mass is 32.1. The summed E-state index contributed by atoms with van der Waals surface area (Å²) in [4.78, 5) is 25.2. The summed E-state index contributed by atoms with van der Waals surface area (Å²) in [5.74, 6) is 0.183. The van der Waals surface area contributed by atoms with Crippen LogP contribution in [-0.2, 0) is 6.54 Å². The van der Waals surface area contributed by atoms with E-state index in [-0.39, 0.29) is 11.5 Å². The number of rotatable bonds is 3. The molecule has 0 aliphatic rings. The van der Waals surface area contributed by atoms with Crippen LogP contribution in [0.15, 0.2) is 34.8 Å². The summed E-state index contributed by atoms with van der Waals surface area (Å²) in [5.41, 5.74) is 1.46. The molecule has 0 fully saturated rings. The summed E-state index contributed by atoms with van der Waals surface area (Å²) in [6.45, 7) is 4.61. The Hall–Kier alpha value is -2.08. The standard InChI is InChI=1S/C14H14N4OS/c1-9(13-17-10(2)7-20-13)6-18-8-16-12-11(14(18)19)4-3-5-15-12/h3-5,7-9H,6H2,1-2H3. The monoisotopic (exact) mass is 286 g/mol. The lowest BCUT2D eigenvalue weighted by atomic mass is 10.2. The van der Waals surface area contributed by atoms with Gasteiger partial charge in [-0.2, -0.15) is 0 Å². The molecule has 3 heterocycles. The number of aryl methyl sites for hydroxylation is 1. The van der Waals surface area contributed by atoms with Crippen molar-refractivity contribution in [3.63, 3.8) is 0 Å².